The molecule has 1 aromatic rings. The summed E-state index contributed by atoms with van der Waals surface area (Å²) in [5.74, 6) is 0.125. The molecule has 1 aromatic carbocycles. The smallest absolute Gasteiger partial charge is 0.489 e. The van der Waals surface area contributed by atoms with E-state index in [-0.39, 0.29) is 10.2 Å². The fraction of sp³-hybridized carbons (Fsp3) is 0.385. The molecule has 0 unspecified atom stereocenters. The van der Waals surface area contributed by atoms with Crippen molar-refractivity contribution in [2.75, 3.05) is 19.7 Å². The third kappa shape index (κ3) is 6.29. The first kappa shape index (κ1) is 16.8. The molecule has 112 valence electrons. The van der Waals surface area contributed by atoms with E-state index in [9.17, 15) is 13.2 Å². The highest BCUT2D eigenvalue weighted by Gasteiger charge is 2.31. The van der Waals surface area contributed by atoms with Crippen LogP contribution < -0.4 is 14.8 Å². The van der Waals surface area contributed by atoms with Crippen LogP contribution in [0, 0.1) is 0 Å². The van der Waals surface area contributed by atoms with E-state index in [2.05, 4.69) is 32.6 Å². The molecule has 0 spiro atoms. The van der Waals surface area contributed by atoms with Crippen LogP contribution in [0.25, 0.3) is 0 Å². The molecule has 0 aromatic heterocycles. The van der Waals surface area contributed by atoms with Crippen LogP contribution in [0.4, 0.5) is 13.2 Å². The molecule has 0 amide bonds. The van der Waals surface area contributed by atoms with Crippen LogP contribution in [0.5, 0.6) is 11.5 Å². The van der Waals surface area contributed by atoms with E-state index in [1.165, 1.54) is 18.2 Å². The summed E-state index contributed by atoms with van der Waals surface area (Å²) in [7, 11) is 0. The number of likely N-dealkylation sites (N-methyl/N-ethyl adjacent to an activating group) is 1. The van der Waals surface area contributed by atoms with Crippen molar-refractivity contribution in [2.24, 2.45) is 0 Å². The normalized spacial score (nSPS) is 11.2. The highest BCUT2D eigenvalue weighted by atomic mass is 79.9. The lowest BCUT2D eigenvalue weighted by molar-refractivity contribution is -0.274. The monoisotopic (exact) mass is 353 g/mol. The highest BCUT2D eigenvalue weighted by Crippen LogP contribution is 2.33. The predicted octanol–water partition coefficient (Wildman–Crippen LogP) is 3.89. The van der Waals surface area contributed by atoms with Gasteiger partial charge < -0.3 is 14.8 Å². The Morgan fingerprint density at radius 3 is 2.65 bits per heavy atom. The minimum absolute atomic E-state index is 0.171. The Labute approximate surface area is 123 Å². The minimum Gasteiger partial charge on any atom is -0.489 e. The van der Waals surface area contributed by atoms with Gasteiger partial charge in [0, 0.05) is 6.54 Å². The lowest BCUT2D eigenvalue weighted by Gasteiger charge is -2.13. The summed E-state index contributed by atoms with van der Waals surface area (Å²) >= 11 is 3.01. The number of hydrogen-bond acceptors (Lipinski definition) is 3. The first-order valence-electron chi connectivity index (χ1n) is 5.87. The standard InChI is InChI=1S/C13H15BrF3NO2/c1-3-18-7-9(2)8-19-10-4-5-12(11(14)6-10)20-13(15,16)17/h4-6,18H,2-3,7-8H2,1H3. The van der Waals surface area contributed by atoms with Gasteiger partial charge in [0.05, 0.1) is 4.47 Å². The molecule has 0 aliphatic carbocycles. The van der Waals surface area contributed by atoms with Crippen molar-refractivity contribution in [1.82, 2.24) is 5.32 Å². The molecular weight excluding hydrogens is 339 g/mol. The fourth-order valence-electron chi connectivity index (χ4n) is 1.32. The molecule has 0 radical (unpaired) electrons. The van der Waals surface area contributed by atoms with Crippen LogP contribution >= 0.6 is 15.9 Å². The zero-order chi connectivity index (χ0) is 15.2. The van der Waals surface area contributed by atoms with Gasteiger partial charge in [0.15, 0.2) is 0 Å². The number of hydrogen-bond donors (Lipinski definition) is 1. The zero-order valence-electron chi connectivity index (χ0n) is 10.9. The van der Waals surface area contributed by atoms with E-state index in [0.717, 1.165) is 12.1 Å². The minimum atomic E-state index is -4.72. The van der Waals surface area contributed by atoms with Crippen molar-refractivity contribution >= 4 is 15.9 Å². The lowest BCUT2D eigenvalue weighted by Crippen LogP contribution is -2.19. The van der Waals surface area contributed by atoms with Crippen LogP contribution in [-0.2, 0) is 0 Å². The van der Waals surface area contributed by atoms with Crippen molar-refractivity contribution in [2.45, 2.75) is 13.3 Å². The molecule has 0 aliphatic rings. The van der Waals surface area contributed by atoms with E-state index in [4.69, 9.17) is 4.74 Å². The van der Waals surface area contributed by atoms with Gasteiger partial charge in [0.1, 0.15) is 18.1 Å². The molecule has 1 N–H and O–H groups in total. The van der Waals surface area contributed by atoms with Crippen molar-refractivity contribution in [3.8, 4) is 11.5 Å². The first-order valence-corrected chi connectivity index (χ1v) is 6.66. The van der Waals surface area contributed by atoms with E-state index < -0.39 is 6.36 Å². The van der Waals surface area contributed by atoms with Crippen molar-refractivity contribution in [3.63, 3.8) is 0 Å². The quantitative estimate of drug-likeness (QED) is 0.754. The maximum absolute atomic E-state index is 12.1. The Morgan fingerprint density at radius 1 is 1.40 bits per heavy atom. The van der Waals surface area contributed by atoms with Crippen LogP contribution in [-0.4, -0.2) is 26.1 Å². The second kappa shape index (κ2) is 7.54. The van der Waals surface area contributed by atoms with Gasteiger partial charge in [0.25, 0.3) is 0 Å². The highest BCUT2D eigenvalue weighted by molar-refractivity contribution is 9.10. The van der Waals surface area contributed by atoms with Crippen LogP contribution in [0.15, 0.2) is 34.8 Å². The molecule has 0 aliphatic heterocycles. The van der Waals surface area contributed by atoms with Gasteiger partial charge in [0.2, 0.25) is 0 Å². The number of rotatable bonds is 7. The van der Waals surface area contributed by atoms with Gasteiger partial charge >= 0.3 is 6.36 Å². The maximum atomic E-state index is 12.1. The Morgan fingerprint density at radius 2 is 2.10 bits per heavy atom. The predicted molar refractivity (Wildman–Crippen MR) is 74.0 cm³/mol. The molecule has 20 heavy (non-hydrogen) atoms. The van der Waals surface area contributed by atoms with E-state index in [1.807, 2.05) is 6.92 Å². The first-order chi connectivity index (χ1) is 9.31. The number of alkyl halides is 3. The average Bonchev–Trinajstić information content (AvgIpc) is 2.35. The Bertz CT molecular complexity index is 463. The number of halogens is 4. The Balaban J connectivity index is 2.57. The summed E-state index contributed by atoms with van der Waals surface area (Å²) in [5.41, 5.74) is 0.846. The van der Waals surface area contributed by atoms with Crippen LogP contribution in [0.3, 0.4) is 0 Å². The molecular formula is C13H15BrF3NO2. The summed E-state index contributed by atoms with van der Waals surface area (Å²) in [4.78, 5) is 0. The summed E-state index contributed by atoms with van der Waals surface area (Å²) < 4.78 is 45.7. The molecule has 0 saturated heterocycles. The second-order valence-electron chi connectivity index (χ2n) is 3.96. The third-order valence-corrected chi connectivity index (χ3v) is 2.82. The van der Waals surface area contributed by atoms with E-state index in [0.29, 0.717) is 18.9 Å². The van der Waals surface area contributed by atoms with Gasteiger partial charge in [-0.3, -0.25) is 0 Å². The largest absolute Gasteiger partial charge is 0.573 e. The molecule has 0 atom stereocenters. The number of benzene rings is 1. The molecule has 0 saturated carbocycles. The topological polar surface area (TPSA) is 30.5 Å². The average molecular weight is 354 g/mol. The van der Waals surface area contributed by atoms with Gasteiger partial charge in [-0.2, -0.15) is 0 Å². The second-order valence-corrected chi connectivity index (χ2v) is 4.81. The maximum Gasteiger partial charge on any atom is 0.573 e. The molecule has 0 bridgehead atoms. The summed E-state index contributed by atoms with van der Waals surface area (Å²) in [6.45, 7) is 7.55. The van der Waals surface area contributed by atoms with E-state index in [1.54, 1.807) is 0 Å². The number of nitrogens with one attached hydrogen (secondary N) is 1. The summed E-state index contributed by atoms with van der Waals surface area (Å²) in [6.07, 6.45) is -4.72. The zero-order valence-corrected chi connectivity index (χ0v) is 12.5. The molecule has 3 nitrogen and oxygen atoms in total. The van der Waals surface area contributed by atoms with Gasteiger partial charge in [-0.1, -0.05) is 13.5 Å². The van der Waals surface area contributed by atoms with Gasteiger partial charge in [-0.25, -0.2) is 0 Å². The number of ether oxygens (including phenoxy) is 2. The van der Waals surface area contributed by atoms with Crippen molar-refractivity contribution in [3.05, 3.63) is 34.8 Å². The van der Waals surface area contributed by atoms with Crippen LogP contribution in [0.1, 0.15) is 6.92 Å². The lowest BCUT2D eigenvalue weighted by atomic mass is 10.3. The fourth-order valence-corrected chi connectivity index (χ4v) is 1.76. The van der Waals surface area contributed by atoms with Crippen molar-refractivity contribution in [1.29, 1.82) is 0 Å². The molecule has 1 rings (SSSR count). The summed E-state index contributed by atoms with van der Waals surface area (Å²) in [5, 5.41) is 3.10. The van der Waals surface area contributed by atoms with Crippen LogP contribution in [0.2, 0.25) is 0 Å². The molecule has 7 heteroatoms. The van der Waals surface area contributed by atoms with Gasteiger partial charge in [-0.05, 0) is 46.2 Å². The van der Waals surface area contributed by atoms with Gasteiger partial charge in [-0.15, -0.1) is 13.2 Å². The SMILES string of the molecule is C=C(CNCC)COc1ccc(OC(F)(F)F)c(Br)c1. The Hall–Kier alpha value is -1.21. The molecule has 0 fully saturated rings. The molecule has 0 heterocycles. The van der Waals surface area contributed by atoms with E-state index >= 15 is 0 Å². The van der Waals surface area contributed by atoms with Crippen molar-refractivity contribution < 1.29 is 22.6 Å². The summed E-state index contributed by atoms with van der Waals surface area (Å²) in [6, 6.07) is 4.02. The third-order valence-electron chi connectivity index (χ3n) is 2.20. The Kier molecular flexibility index (Phi) is 6.35.